The molecule has 0 saturated carbocycles. The van der Waals surface area contributed by atoms with Crippen molar-refractivity contribution in [1.82, 2.24) is 5.32 Å². The molecule has 1 unspecified atom stereocenters. The summed E-state index contributed by atoms with van der Waals surface area (Å²) in [5.74, 6) is -0.329. The highest BCUT2D eigenvalue weighted by Crippen LogP contribution is 2.24. The predicted molar refractivity (Wildman–Crippen MR) is 76.9 cm³/mol. The molecule has 0 spiro atoms. The molecule has 1 saturated heterocycles. The van der Waals surface area contributed by atoms with Crippen molar-refractivity contribution in [2.45, 2.75) is 24.3 Å². The zero-order valence-corrected chi connectivity index (χ0v) is 13.3. The van der Waals surface area contributed by atoms with Crippen LogP contribution in [0.25, 0.3) is 0 Å². The van der Waals surface area contributed by atoms with Gasteiger partial charge in [0.15, 0.2) is 0 Å². The number of hydrogen-bond acceptors (Lipinski definition) is 4. The molecular weight excluding hydrogens is 348 g/mol. The van der Waals surface area contributed by atoms with Crippen LogP contribution in [0.2, 0.25) is 0 Å². The van der Waals surface area contributed by atoms with E-state index in [2.05, 4.69) is 21.2 Å². The molecule has 1 aromatic rings. The molecule has 1 fully saturated rings. The molecule has 20 heavy (non-hydrogen) atoms. The number of amides is 1. The molecule has 1 aliphatic heterocycles. The number of ether oxygens (including phenoxy) is 1. The Balaban J connectivity index is 2.34. The molecule has 8 heteroatoms. The second-order valence-electron chi connectivity index (χ2n) is 4.66. The van der Waals surface area contributed by atoms with Gasteiger partial charge in [0, 0.05) is 16.6 Å². The molecule has 110 valence electrons. The SMILES string of the molecule is Cc1c(Br)cc(S(N)(=O)=O)cc1C(=O)NC1CCOC1. The fourth-order valence-corrected chi connectivity index (χ4v) is 3.14. The van der Waals surface area contributed by atoms with E-state index in [1.54, 1.807) is 6.92 Å². The maximum atomic E-state index is 12.2. The van der Waals surface area contributed by atoms with Crippen LogP contribution in [0.3, 0.4) is 0 Å². The normalized spacial score (nSPS) is 19.1. The van der Waals surface area contributed by atoms with E-state index in [9.17, 15) is 13.2 Å². The Morgan fingerprint density at radius 3 is 2.75 bits per heavy atom. The summed E-state index contributed by atoms with van der Waals surface area (Å²) in [6.45, 7) is 2.82. The van der Waals surface area contributed by atoms with E-state index in [4.69, 9.17) is 9.88 Å². The number of carbonyl (C=O) groups is 1. The summed E-state index contributed by atoms with van der Waals surface area (Å²) < 4.78 is 28.6. The summed E-state index contributed by atoms with van der Waals surface area (Å²) in [4.78, 5) is 12.1. The molecule has 0 aromatic heterocycles. The minimum absolute atomic E-state index is 0.0428. The van der Waals surface area contributed by atoms with Crippen LogP contribution in [0.15, 0.2) is 21.5 Å². The molecule has 1 aromatic carbocycles. The van der Waals surface area contributed by atoms with Crippen molar-refractivity contribution in [2.24, 2.45) is 5.14 Å². The van der Waals surface area contributed by atoms with E-state index in [0.717, 1.165) is 6.42 Å². The van der Waals surface area contributed by atoms with Gasteiger partial charge in [-0.1, -0.05) is 15.9 Å². The number of nitrogens with two attached hydrogens (primary N) is 1. The van der Waals surface area contributed by atoms with Gasteiger partial charge in [-0.05, 0) is 31.0 Å². The van der Waals surface area contributed by atoms with Gasteiger partial charge in [0.05, 0.1) is 17.5 Å². The highest BCUT2D eigenvalue weighted by Gasteiger charge is 2.22. The minimum Gasteiger partial charge on any atom is -0.379 e. The molecule has 3 N–H and O–H groups in total. The van der Waals surface area contributed by atoms with Gasteiger partial charge >= 0.3 is 0 Å². The maximum Gasteiger partial charge on any atom is 0.251 e. The van der Waals surface area contributed by atoms with Crippen LogP contribution >= 0.6 is 15.9 Å². The first-order chi connectivity index (χ1) is 9.29. The monoisotopic (exact) mass is 362 g/mol. The van der Waals surface area contributed by atoms with Gasteiger partial charge in [0.1, 0.15) is 0 Å². The number of rotatable bonds is 3. The first-order valence-electron chi connectivity index (χ1n) is 6.00. The topological polar surface area (TPSA) is 98.5 Å². The van der Waals surface area contributed by atoms with Crippen LogP contribution in [-0.4, -0.2) is 33.6 Å². The molecule has 2 rings (SSSR count). The fourth-order valence-electron chi connectivity index (χ4n) is 1.97. The van der Waals surface area contributed by atoms with Gasteiger partial charge in [-0.25, -0.2) is 13.6 Å². The highest BCUT2D eigenvalue weighted by atomic mass is 79.9. The molecule has 1 atom stereocenters. The van der Waals surface area contributed by atoms with Crippen LogP contribution < -0.4 is 10.5 Å². The number of hydrogen-bond donors (Lipinski definition) is 2. The average molecular weight is 363 g/mol. The lowest BCUT2D eigenvalue weighted by molar-refractivity contribution is 0.0929. The largest absolute Gasteiger partial charge is 0.379 e. The minimum atomic E-state index is -3.86. The highest BCUT2D eigenvalue weighted by molar-refractivity contribution is 9.10. The van der Waals surface area contributed by atoms with E-state index in [0.29, 0.717) is 23.2 Å². The lowest BCUT2D eigenvalue weighted by atomic mass is 10.1. The van der Waals surface area contributed by atoms with Crippen LogP contribution in [0.5, 0.6) is 0 Å². The zero-order chi connectivity index (χ0) is 14.9. The summed E-state index contributed by atoms with van der Waals surface area (Å²) in [6, 6.07) is 2.64. The standard InChI is InChI=1S/C12H15BrN2O4S/c1-7-10(12(16)15-8-2-3-19-6-8)4-9(5-11(7)13)20(14,17)18/h4-5,8H,2-3,6H2,1H3,(H,15,16)(H2,14,17,18). The van der Waals surface area contributed by atoms with Gasteiger partial charge in [-0.3, -0.25) is 4.79 Å². The van der Waals surface area contributed by atoms with Crippen molar-refractivity contribution >= 4 is 31.9 Å². The summed E-state index contributed by atoms with van der Waals surface area (Å²) >= 11 is 3.25. The summed E-state index contributed by atoms with van der Waals surface area (Å²) in [5.41, 5.74) is 0.948. The third kappa shape index (κ3) is 3.38. The molecule has 0 radical (unpaired) electrons. The van der Waals surface area contributed by atoms with Crippen LogP contribution in [0.1, 0.15) is 22.3 Å². The van der Waals surface area contributed by atoms with E-state index >= 15 is 0 Å². The quantitative estimate of drug-likeness (QED) is 0.835. The van der Waals surface area contributed by atoms with E-state index in [1.807, 2.05) is 0 Å². The average Bonchev–Trinajstić information content (AvgIpc) is 2.83. The third-order valence-electron chi connectivity index (χ3n) is 3.16. The molecule has 1 aliphatic rings. The van der Waals surface area contributed by atoms with Crippen LogP contribution in [0.4, 0.5) is 0 Å². The first kappa shape index (κ1) is 15.4. The van der Waals surface area contributed by atoms with Crippen molar-refractivity contribution in [3.63, 3.8) is 0 Å². The fraction of sp³-hybridized carbons (Fsp3) is 0.417. The molecule has 0 bridgehead atoms. The molecule has 1 amide bonds. The van der Waals surface area contributed by atoms with E-state index < -0.39 is 10.0 Å². The number of primary sulfonamides is 1. The van der Waals surface area contributed by atoms with Crippen molar-refractivity contribution in [3.8, 4) is 0 Å². The Labute approximate surface area is 125 Å². The Hall–Kier alpha value is -0.960. The van der Waals surface area contributed by atoms with Crippen LogP contribution in [0, 0.1) is 6.92 Å². The van der Waals surface area contributed by atoms with Gasteiger partial charge in [0.25, 0.3) is 5.91 Å². The first-order valence-corrected chi connectivity index (χ1v) is 8.34. The number of halogens is 1. The van der Waals surface area contributed by atoms with Gasteiger partial charge < -0.3 is 10.1 Å². The smallest absolute Gasteiger partial charge is 0.251 e. The van der Waals surface area contributed by atoms with Crippen molar-refractivity contribution in [1.29, 1.82) is 0 Å². The number of sulfonamides is 1. The lowest BCUT2D eigenvalue weighted by Gasteiger charge is -2.14. The second-order valence-corrected chi connectivity index (χ2v) is 7.07. The molecule has 0 aliphatic carbocycles. The van der Waals surface area contributed by atoms with Gasteiger partial charge in [-0.15, -0.1) is 0 Å². The van der Waals surface area contributed by atoms with E-state index in [-0.39, 0.29) is 22.4 Å². The third-order valence-corrected chi connectivity index (χ3v) is 4.87. The molecular formula is C12H15BrN2O4S. The van der Waals surface area contributed by atoms with Crippen LogP contribution in [-0.2, 0) is 14.8 Å². The Morgan fingerprint density at radius 2 is 2.20 bits per heavy atom. The zero-order valence-electron chi connectivity index (χ0n) is 10.8. The van der Waals surface area contributed by atoms with E-state index in [1.165, 1.54) is 12.1 Å². The Kier molecular flexibility index (Phi) is 4.48. The number of benzene rings is 1. The van der Waals surface area contributed by atoms with Crippen molar-refractivity contribution in [2.75, 3.05) is 13.2 Å². The predicted octanol–water partition coefficient (Wildman–Crippen LogP) is 0.924. The van der Waals surface area contributed by atoms with Gasteiger partial charge in [-0.2, -0.15) is 0 Å². The lowest BCUT2D eigenvalue weighted by Crippen LogP contribution is -2.35. The Morgan fingerprint density at radius 1 is 1.50 bits per heavy atom. The Bertz CT molecular complexity index is 639. The number of nitrogens with one attached hydrogen (secondary N) is 1. The summed E-state index contributed by atoms with van der Waals surface area (Å²) in [5, 5.41) is 7.93. The van der Waals surface area contributed by atoms with Gasteiger partial charge in [0.2, 0.25) is 10.0 Å². The summed E-state index contributed by atoms with van der Waals surface area (Å²) in [6.07, 6.45) is 0.751. The number of carbonyl (C=O) groups excluding carboxylic acids is 1. The molecule has 6 nitrogen and oxygen atoms in total. The maximum absolute atomic E-state index is 12.2. The second kappa shape index (κ2) is 5.80. The van der Waals surface area contributed by atoms with Crippen molar-refractivity contribution in [3.05, 3.63) is 27.7 Å². The molecule has 1 heterocycles. The van der Waals surface area contributed by atoms with Crippen molar-refractivity contribution < 1.29 is 17.9 Å². The summed E-state index contributed by atoms with van der Waals surface area (Å²) in [7, 11) is -3.86.